The minimum absolute atomic E-state index is 0.0561. The lowest BCUT2D eigenvalue weighted by atomic mass is 10.1. The van der Waals surface area contributed by atoms with Crippen LogP contribution in [-0.2, 0) is 0 Å². The highest BCUT2D eigenvalue weighted by Gasteiger charge is 2.10. The molecule has 0 fully saturated rings. The summed E-state index contributed by atoms with van der Waals surface area (Å²) in [5, 5.41) is 9.74. The van der Waals surface area contributed by atoms with Gasteiger partial charge in [-0.1, -0.05) is 12.2 Å². The van der Waals surface area contributed by atoms with Crippen LogP contribution in [0.3, 0.4) is 0 Å². The predicted molar refractivity (Wildman–Crippen MR) is 59.4 cm³/mol. The molecule has 1 aromatic rings. The Bertz CT molecular complexity index is 406. The van der Waals surface area contributed by atoms with Gasteiger partial charge in [0.05, 0.1) is 7.11 Å². The zero-order valence-corrected chi connectivity index (χ0v) is 9.07. The summed E-state index contributed by atoms with van der Waals surface area (Å²) in [6.45, 7) is 3.32. The van der Waals surface area contributed by atoms with Crippen molar-refractivity contribution in [3.63, 3.8) is 0 Å². The van der Waals surface area contributed by atoms with Gasteiger partial charge in [0.2, 0.25) is 0 Å². The van der Waals surface area contributed by atoms with E-state index in [-0.39, 0.29) is 11.5 Å². The van der Waals surface area contributed by atoms with E-state index in [2.05, 4.69) is 0 Å². The molecule has 0 heterocycles. The summed E-state index contributed by atoms with van der Waals surface area (Å²) in [7, 11) is 1.46. The highest BCUT2D eigenvalue weighted by Crippen LogP contribution is 2.32. The second kappa shape index (κ2) is 4.64. The van der Waals surface area contributed by atoms with Gasteiger partial charge in [-0.2, -0.15) is 0 Å². The number of allylic oxidation sites excluding steroid dienone is 1. The Kier molecular flexibility index (Phi) is 3.50. The Hall–Kier alpha value is -1.77. The molecular weight excluding hydrogens is 192 g/mol. The van der Waals surface area contributed by atoms with Crippen molar-refractivity contribution in [2.24, 2.45) is 0 Å². The van der Waals surface area contributed by atoms with Crippen molar-refractivity contribution >= 4 is 11.9 Å². The molecule has 0 radical (unpaired) electrons. The molecule has 0 saturated heterocycles. The molecule has 0 spiro atoms. The Morgan fingerprint density at radius 2 is 2.13 bits per heavy atom. The first-order chi connectivity index (χ1) is 7.10. The average molecular weight is 206 g/mol. The maximum Gasteiger partial charge on any atom is 0.165 e. The van der Waals surface area contributed by atoms with Gasteiger partial charge in [0, 0.05) is 11.1 Å². The average Bonchev–Trinajstić information content (AvgIpc) is 2.21. The van der Waals surface area contributed by atoms with Crippen LogP contribution in [-0.4, -0.2) is 18.0 Å². The highest BCUT2D eigenvalue weighted by molar-refractivity contribution is 5.95. The topological polar surface area (TPSA) is 46.5 Å². The molecule has 1 rings (SSSR count). The minimum Gasteiger partial charge on any atom is -0.504 e. The van der Waals surface area contributed by atoms with Gasteiger partial charge >= 0.3 is 0 Å². The van der Waals surface area contributed by atoms with E-state index in [1.165, 1.54) is 20.1 Å². The molecule has 3 nitrogen and oxygen atoms in total. The highest BCUT2D eigenvalue weighted by atomic mass is 16.5. The van der Waals surface area contributed by atoms with E-state index in [4.69, 9.17) is 4.74 Å². The van der Waals surface area contributed by atoms with Gasteiger partial charge in [0.1, 0.15) is 0 Å². The zero-order valence-electron chi connectivity index (χ0n) is 9.07. The number of ether oxygens (including phenoxy) is 1. The molecule has 3 heteroatoms. The maximum absolute atomic E-state index is 11.2. The SMILES string of the molecule is CC=Cc1cc(C(C)=O)cc(OC)c1O. The number of hydrogen-bond acceptors (Lipinski definition) is 3. The van der Waals surface area contributed by atoms with E-state index in [9.17, 15) is 9.90 Å². The fraction of sp³-hybridized carbons (Fsp3) is 0.250. The smallest absolute Gasteiger partial charge is 0.165 e. The number of rotatable bonds is 3. The molecule has 1 N–H and O–H groups in total. The van der Waals surface area contributed by atoms with Crippen LogP contribution >= 0.6 is 0 Å². The van der Waals surface area contributed by atoms with Crippen LogP contribution in [0.15, 0.2) is 18.2 Å². The van der Waals surface area contributed by atoms with Crippen LogP contribution in [0.1, 0.15) is 29.8 Å². The Labute approximate surface area is 89.0 Å². The number of Topliss-reactive ketones (excluding diaryl/α,β-unsaturated/α-hetero) is 1. The third kappa shape index (κ3) is 2.37. The summed E-state index contributed by atoms with van der Waals surface area (Å²) >= 11 is 0. The van der Waals surface area contributed by atoms with Crippen molar-refractivity contribution in [1.82, 2.24) is 0 Å². The molecule has 0 unspecified atom stereocenters. The fourth-order valence-electron chi connectivity index (χ4n) is 1.29. The fourth-order valence-corrected chi connectivity index (χ4v) is 1.29. The van der Waals surface area contributed by atoms with Crippen molar-refractivity contribution in [3.05, 3.63) is 29.3 Å². The first-order valence-electron chi connectivity index (χ1n) is 4.64. The molecule has 0 aliphatic heterocycles. The molecule has 0 bridgehead atoms. The van der Waals surface area contributed by atoms with Gasteiger partial charge in [-0.3, -0.25) is 4.79 Å². The van der Waals surface area contributed by atoms with Crippen molar-refractivity contribution in [1.29, 1.82) is 0 Å². The number of phenols is 1. The van der Waals surface area contributed by atoms with Gasteiger partial charge in [0.25, 0.3) is 0 Å². The van der Waals surface area contributed by atoms with Crippen molar-refractivity contribution in [3.8, 4) is 11.5 Å². The Balaban J connectivity index is 3.37. The quantitative estimate of drug-likeness (QED) is 0.773. The third-order valence-corrected chi connectivity index (χ3v) is 2.08. The molecule has 0 aliphatic rings. The summed E-state index contributed by atoms with van der Waals surface area (Å²) in [5.41, 5.74) is 1.11. The van der Waals surface area contributed by atoms with Crippen molar-refractivity contribution < 1.29 is 14.6 Å². The molecule has 0 aliphatic carbocycles. The monoisotopic (exact) mass is 206 g/mol. The minimum atomic E-state index is -0.0564. The first kappa shape index (κ1) is 11.3. The third-order valence-electron chi connectivity index (χ3n) is 2.08. The summed E-state index contributed by atoms with van der Waals surface area (Å²) in [6.07, 6.45) is 3.52. The van der Waals surface area contributed by atoms with E-state index in [1.54, 1.807) is 18.2 Å². The van der Waals surface area contributed by atoms with Crippen LogP contribution in [0.5, 0.6) is 11.5 Å². The maximum atomic E-state index is 11.2. The number of carbonyl (C=O) groups is 1. The lowest BCUT2D eigenvalue weighted by molar-refractivity contribution is 0.101. The number of ketones is 1. The summed E-state index contributed by atoms with van der Waals surface area (Å²) in [6, 6.07) is 3.17. The largest absolute Gasteiger partial charge is 0.504 e. The van der Waals surface area contributed by atoms with Crippen LogP contribution in [0.2, 0.25) is 0 Å². The van der Waals surface area contributed by atoms with Crippen LogP contribution in [0, 0.1) is 0 Å². The summed E-state index contributed by atoms with van der Waals surface area (Å²) in [5.74, 6) is 0.315. The second-order valence-corrected chi connectivity index (χ2v) is 3.17. The number of phenolic OH excluding ortho intramolecular Hbond substituents is 1. The normalized spacial score (nSPS) is 10.6. The van der Waals surface area contributed by atoms with Crippen LogP contribution in [0.4, 0.5) is 0 Å². The van der Waals surface area contributed by atoms with Crippen molar-refractivity contribution in [2.75, 3.05) is 7.11 Å². The van der Waals surface area contributed by atoms with Crippen molar-refractivity contribution in [2.45, 2.75) is 13.8 Å². The molecule has 0 aromatic heterocycles. The lowest BCUT2D eigenvalue weighted by Gasteiger charge is -2.08. The molecular formula is C12H14O3. The Morgan fingerprint density at radius 1 is 1.47 bits per heavy atom. The van der Waals surface area contributed by atoms with Crippen LogP contribution in [0.25, 0.3) is 6.08 Å². The van der Waals surface area contributed by atoms with E-state index >= 15 is 0 Å². The molecule has 1 aromatic carbocycles. The molecule has 80 valence electrons. The van der Waals surface area contributed by atoms with Gasteiger partial charge < -0.3 is 9.84 Å². The molecule has 15 heavy (non-hydrogen) atoms. The molecule has 0 amide bonds. The molecule has 0 saturated carbocycles. The number of aromatic hydroxyl groups is 1. The zero-order chi connectivity index (χ0) is 11.4. The summed E-state index contributed by atoms with van der Waals surface area (Å²) in [4.78, 5) is 11.2. The Morgan fingerprint density at radius 3 is 2.60 bits per heavy atom. The van der Waals surface area contributed by atoms with Gasteiger partial charge in [-0.05, 0) is 26.0 Å². The second-order valence-electron chi connectivity index (χ2n) is 3.17. The standard InChI is InChI=1S/C12H14O3/c1-4-5-9-6-10(8(2)13)7-11(15-3)12(9)14/h4-7,14H,1-3H3. The predicted octanol–water partition coefficient (Wildman–Crippen LogP) is 2.64. The van der Waals surface area contributed by atoms with Crippen LogP contribution < -0.4 is 4.74 Å². The van der Waals surface area contributed by atoms with E-state index < -0.39 is 0 Å². The van der Waals surface area contributed by atoms with E-state index in [0.717, 1.165) is 0 Å². The number of carbonyl (C=O) groups excluding carboxylic acids is 1. The summed E-state index contributed by atoms with van der Waals surface area (Å²) < 4.78 is 4.99. The first-order valence-corrected chi connectivity index (χ1v) is 4.64. The molecule has 0 atom stereocenters. The number of methoxy groups -OCH3 is 1. The van der Waals surface area contributed by atoms with E-state index in [0.29, 0.717) is 16.9 Å². The number of benzene rings is 1. The van der Waals surface area contributed by atoms with E-state index in [1.807, 2.05) is 6.92 Å². The van der Waals surface area contributed by atoms with Gasteiger partial charge in [-0.15, -0.1) is 0 Å². The lowest BCUT2D eigenvalue weighted by Crippen LogP contribution is -1.95. The number of hydrogen-bond donors (Lipinski definition) is 1. The van der Waals surface area contributed by atoms with Gasteiger partial charge in [-0.25, -0.2) is 0 Å². The van der Waals surface area contributed by atoms with Gasteiger partial charge in [0.15, 0.2) is 17.3 Å².